The average Bonchev–Trinajstić information content (AvgIpc) is 2.60. The van der Waals surface area contributed by atoms with E-state index in [1.807, 2.05) is 35.3 Å². The first-order valence-electron chi connectivity index (χ1n) is 7.18. The number of ketones is 1. The summed E-state index contributed by atoms with van der Waals surface area (Å²) in [6.07, 6.45) is 3.78. The van der Waals surface area contributed by atoms with Gasteiger partial charge in [0, 0.05) is 0 Å². The second-order valence-corrected chi connectivity index (χ2v) is 7.10. The molecule has 0 N–H and O–H groups in total. The number of carbonyl (C=O) groups excluding carboxylic acids is 2. The van der Waals surface area contributed by atoms with Crippen LogP contribution in [0.25, 0.3) is 4.47 Å². The molecule has 1 atom stereocenters. The van der Waals surface area contributed by atoms with E-state index in [2.05, 4.69) is 0 Å². The first-order valence-corrected chi connectivity index (χ1v) is 9.03. The zero-order valence-corrected chi connectivity index (χ0v) is 14.6. The van der Waals surface area contributed by atoms with Crippen LogP contribution in [0.15, 0.2) is 52.5 Å². The van der Waals surface area contributed by atoms with E-state index in [-0.39, 0.29) is 32.6 Å². The van der Waals surface area contributed by atoms with E-state index < -0.39 is 0 Å². The number of carbonyl (C=O) groups is 2. The molecule has 0 fully saturated rings. The van der Waals surface area contributed by atoms with Gasteiger partial charge in [-0.1, -0.05) is 0 Å². The van der Waals surface area contributed by atoms with Crippen molar-refractivity contribution in [3.05, 3.63) is 58.1 Å². The number of hydrogen-bond acceptors (Lipinski definition) is 4. The Kier molecular flexibility index (Phi) is 4.51. The number of ether oxygens (including phenoxy) is 2. The molecule has 1 aliphatic carbocycles. The SMILES string of the molecule is COC(=O)C1=C[Se]C(c2ccc(OC)cc2)=C2C=CC(=O)CC12. The second kappa shape index (κ2) is 6.57. The number of methoxy groups -OCH3 is 2. The minimum atomic E-state index is -0.341. The summed E-state index contributed by atoms with van der Waals surface area (Å²) >= 11 is 0.00860. The van der Waals surface area contributed by atoms with E-state index in [4.69, 9.17) is 9.47 Å². The summed E-state index contributed by atoms with van der Waals surface area (Å²) in [7, 11) is 3.01. The minimum absolute atomic E-state index is 0.00860. The van der Waals surface area contributed by atoms with Gasteiger partial charge in [0.05, 0.1) is 0 Å². The Hall–Kier alpha value is -2.10. The van der Waals surface area contributed by atoms with Gasteiger partial charge in [0.25, 0.3) is 0 Å². The van der Waals surface area contributed by atoms with Gasteiger partial charge in [0.1, 0.15) is 0 Å². The van der Waals surface area contributed by atoms with Crippen LogP contribution in [0.5, 0.6) is 5.75 Å². The molecule has 1 aromatic rings. The molecule has 0 aromatic heterocycles. The quantitative estimate of drug-likeness (QED) is 0.601. The van der Waals surface area contributed by atoms with Gasteiger partial charge in [-0.25, -0.2) is 0 Å². The maximum atomic E-state index is 12.0. The summed E-state index contributed by atoms with van der Waals surface area (Å²) in [5.41, 5.74) is 2.76. The van der Waals surface area contributed by atoms with Crippen molar-refractivity contribution in [1.82, 2.24) is 0 Å². The Morgan fingerprint density at radius 1 is 1.17 bits per heavy atom. The van der Waals surface area contributed by atoms with Crippen LogP contribution in [-0.2, 0) is 14.3 Å². The molecular formula is C18H16O4Se. The monoisotopic (exact) mass is 376 g/mol. The van der Waals surface area contributed by atoms with Gasteiger partial charge in [-0.05, 0) is 0 Å². The van der Waals surface area contributed by atoms with Crippen LogP contribution in [0.2, 0.25) is 0 Å². The zero-order valence-electron chi connectivity index (χ0n) is 12.9. The second-order valence-electron chi connectivity index (χ2n) is 5.25. The fraction of sp³-hybridized carbons (Fsp3) is 0.222. The van der Waals surface area contributed by atoms with Crippen molar-refractivity contribution >= 4 is 31.2 Å². The van der Waals surface area contributed by atoms with Gasteiger partial charge in [0.15, 0.2) is 0 Å². The van der Waals surface area contributed by atoms with Crippen LogP contribution < -0.4 is 4.74 Å². The van der Waals surface area contributed by atoms with Crippen LogP contribution >= 0.6 is 0 Å². The molecule has 1 unspecified atom stereocenters. The molecule has 0 bridgehead atoms. The van der Waals surface area contributed by atoms with Crippen LogP contribution in [0.4, 0.5) is 0 Å². The zero-order chi connectivity index (χ0) is 16.4. The van der Waals surface area contributed by atoms with E-state index in [1.54, 1.807) is 13.2 Å². The number of esters is 1. The number of benzene rings is 1. The van der Waals surface area contributed by atoms with Crippen LogP contribution in [0, 0.1) is 5.92 Å². The molecule has 0 radical (unpaired) electrons. The fourth-order valence-corrected chi connectivity index (χ4v) is 5.11. The Bertz CT molecular complexity index is 741. The molecule has 0 saturated heterocycles. The molecule has 2 aliphatic rings. The normalized spacial score (nSPS) is 20.0. The van der Waals surface area contributed by atoms with Crippen molar-refractivity contribution in [2.45, 2.75) is 6.42 Å². The molecule has 4 nitrogen and oxygen atoms in total. The molecule has 1 aliphatic heterocycles. The Labute approximate surface area is 141 Å². The van der Waals surface area contributed by atoms with Gasteiger partial charge < -0.3 is 0 Å². The molecule has 3 rings (SSSR count). The summed E-state index contributed by atoms with van der Waals surface area (Å²) in [5, 5.41) is 0. The third-order valence-electron chi connectivity index (χ3n) is 3.94. The molecular weight excluding hydrogens is 359 g/mol. The summed E-state index contributed by atoms with van der Waals surface area (Å²) in [6.45, 7) is 0. The molecule has 118 valence electrons. The van der Waals surface area contributed by atoms with Gasteiger partial charge in [-0.2, -0.15) is 0 Å². The van der Waals surface area contributed by atoms with Crippen molar-refractivity contribution in [1.29, 1.82) is 0 Å². The number of allylic oxidation sites excluding steroid dienone is 3. The number of fused-ring (bicyclic) bond motifs is 1. The van der Waals surface area contributed by atoms with Crippen molar-refractivity contribution in [3.63, 3.8) is 0 Å². The predicted molar refractivity (Wildman–Crippen MR) is 88.0 cm³/mol. The summed E-state index contributed by atoms with van der Waals surface area (Å²) in [4.78, 5) is 25.7. The van der Waals surface area contributed by atoms with Crippen LogP contribution in [0.1, 0.15) is 12.0 Å². The van der Waals surface area contributed by atoms with Crippen molar-refractivity contribution in [3.8, 4) is 5.75 Å². The Balaban J connectivity index is 2.04. The Morgan fingerprint density at radius 3 is 2.57 bits per heavy atom. The van der Waals surface area contributed by atoms with Gasteiger partial charge >= 0.3 is 141 Å². The van der Waals surface area contributed by atoms with Crippen LogP contribution in [-0.4, -0.2) is 40.9 Å². The summed E-state index contributed by atoms with van der Waals surface area (Å²) in [6, 6.07) is 7.87. The average molecular weight is 375 g/mol. The number of rotatable bonds is 3. The molecule has 0 amide bonds. The summed E-state index contributed by atoms with van der Waals surface area (Å²) in [5.74, 6) is 0.301. The van der Waals surface area contributed by atoms with E-state index in [0.717, 1.165) is 16.9 Å². The van der Waals surface area contributed by atoms with Gasteiger partial charge in [-0.3, -0.25) is 0 Å². The molecule has 0 spiro atoms. The molecule has 0 saturated carbocycles. The van der Waals surface area contributed by atoms with Gasteiger partial charge in [0.2, 0.25) is 0 Å². The van der Waals surface area contributed by atoms with Crippen molar-refractivity contribution < 1.29 is 19.1 Å². The summed E-state index contributed by atoms with van der Waals surface area (Å²) < 4.78 is 11.3. The third-order valence-corrected chi connectivity index (χ3v) is 6.21. The fourth-order valence-electron chi connectivity index (χ4n) is 2.75. The number of hydrogen-bond donors (Lipinski definition) is 0. The van der Waals surface area contributed by atoms with Gasteiger partial charge in [-0.15, -0.1) is 0 Å². The first-order chi connectivity index (χ1) is 11.1. The van der Waals surface area contributed by atoms with E-state index in [1.165, 1.54) is 11.6 Å². The predicted octanol–water partition coefficient (Wildman–Crippen LogP) is 2.33. The van der Waals surface area contributed by atoms with Crippen molar-refractivity contribution in [2.24, 2.45) is 5.92 Å². The molecule has 1 aromatic carbocycles. The van der Waals surface area contributed by atoms with Crippen LogP contribution in [0.3, 0.4) is 0 Å². The van der Waals surface area contributed by atoms with E-state index >= 15 is 0 Å². The Morgan fingerprint density at radius 2 is 1.91 bits per heavy atom. The maximum absolute atomic E-state index is 12.0. The van der Waals surface area contributed by atoms with E-state index in [9.17, 15) is 9.59 Å². The van der Waals surface area contributed by atoms with E-state index in [0.29, 0.717) is 12.0 Å². The first kappa shape index (κ1) is 15.8. The molecule has 23 heavy (non-hydrogen) atoms. The standard InChI is InChI=1S/C18H16O4Se/c1-21-13-6-3-11(4-7-13)17-14-8-5-12(19)9-15(14)16(10-23-17)18(20)22-2/h3-8,10,15H,9H2,1-2H3. The molecule has 1 heterocycles. The molecule has 5 heteroatoms. The van der Waals surface area contributed by atoms with Crippen molar-refractivity contribution in [2.75, 3.05) is 14.2 Å². The topological polar surface area (TPSA) is 52.6 Å². The third kappa shape index (κ3) is 3.03.